The Morgan fingerprint density at radius 3 is 2.72 bits per heavy atom. The van der Waals surface area contributed by atoms with E-state index >= 15 is 0 Å². The van der Waals surface area contributed by atoms with Gasteiger partial charge in [0.1, 0.15) is 5.75 Å². The molecule has 9 heteroatoms. The number of ether oxygens (including phenoxy) is 1. The topological polar surface area (TPSA) is 79.5 Å². The Morgan fingerprint density at radius 1 is 1.21 bits per heavy atom. The van der Waals surface area contributed by atoms with Crippen LogP contribution in [0.25, 0.3) is 11.3 Å². The molecule has 2 heterocycles. The van der Waals surface area contributed by atoms with Crippen molar-refractivity contribution in [3.05, 3.63) is 58.9 Å². The summed E-state index contributed by atoms with van der Waals surface area (Å²) in [6.45, 7) is 1.75. The summed E-state index contributed by atoms with van der Waals surface area (Å²) in [5.41, 5.74) is 2.82. The van der Waals surface area contributed by atoms with Gasteiger partial charge in [-0.15, -0.1) is 11.3 Å². The van der Waals surface area contributed by atoms with Crippen molar-refractivity contribution < 1.29 is 9.53 Å². The summed E-state index contributed by atoms with van der Waals surface area (Å²) in [6, 6.07) is 13.8. The van der Waals surface area contributed by atoms with E-state index in [9.17, 15) is 4.79 Å². The third-order valence-electron chi connectivity index (χ3n) is 4.25. The minimum absolute atomic E-state index is 0.288. The normalized spacial score (nSPS) is 16.5. The maximum atomic E-state index is 12.8. The van der Waals surface area contributed by atoms with Crippen LogP contribution in [0.5, 0.6) is 5.75 Å². The lowest BCUT2D eigenvalue weighted by atomic mass is 10.2. The second kappa shape index (κ2) is 8.10. The Balaban J connectivity index is 1.53. The number of carbonyl (C=O) groups is 1. The Morgan fingerprint density at radius 2 is 2.00 bits per heavy atom. The molecule has 4 rings (SSSR count). The lowest BCUT2D eigenvalue weighted by Crippen LogP contribution is -2.29. The van der Waals surface area contributed by atoms with Crippen molar-refractivity contribution >= 4 is 45.4 Å². The molecule has 146 valence electrons. The van der Waals surface area contributed by atoms with Crippen LogP contribution in [-0.4, -0.2) is 29.8 Å². The zero-order chi connectivity index (χ0) is 20.4. The van der Waals surface area contributed by atoms with Gasteiger partial charge in [0.25, 0.3) is 5.91 Å². The number of anilines is 1. The molecular weight excluding hydrogens is 410 g/mol. The van der Waals surface area contributed by atoms with Gasteiger partial charge in [0.05, 0.1) is 24.2 Å². The van der Waals surface area contributed by atoms with Crippen LogP contribution in [0.4, 0.5) is 10.8 Å². The zero-order valence-electron chi connectivity index (χ0n) is 15.6. The van der Waals surface area contributed by atoms with Gasteiger partial charge in [-0.2, -0.15) is 20.3 Å². The predicted octanol–water partition coefficient (Wildman–Crippen LogP) is 5.35. The average molecular weight is 426 g/mol. The lowest BCUT2D eigenvalue weighted by molar-refractivity contribution is -0.117. The first kappa shape index (κ1) is 19.2. The van der Waals surface area contributed by atoms with Crippen LogP contribution in [0.15, 0.2) is 69.2 Å². The molecule has 0 saturated carbocycles. The zero-order valence-corrected chi connectivity index (χ0v) is 17.2. The van der Waals surface area contributed by atoms with E-state index in [4.69, 9.17) is 16.3 Å². The molecule has 0 saturated heterocycles. The Hall–Kier alpha value is -3.10. The quantitative estimate of drug-likeness (QED) is 0.517. The molecule has 3 aromatic rings. The van der Waals surface area contributed by atoms with E-state index in [1.165, 1.54) is 16.3 Å². The summed E-state index contributed by atoms with van der Waals surface area (Å²) < 4.78 is 5.18. The molecule has 0 spiro atoms. The van der Waals surface area contributed by atoms with Gasteiger partial charge in [0.2, 0.25) is 5.13 Å². The fourth-order valence-electron chi connectivity index (χ4n) is 2.74. The van der Waals surface area contributed by atoms with Crippen LogP contribution >= 0.6 is 22.9 Å². The van der Waals surface area contributed by atoms with Gasteiger partial charge in [0.15, 0.2) is 6.04 Å². The highest BCUT2D eigenvalue weighted by Gasteiger charge is 2.36. The van der Waals surface area contributed by atoms with Crippen LogP contribution < -0.4 is 9.75 Å². The summed E-state index contributed by atoms with van der Waals surface area (Å²) >= 11 is 7.30. The highest BCUT2D eigenvalue weighted by molar-refractivity contribution is 7.14. The van der Waals surface area contributed by atoms with Gasteiger partial charge < -0.3 is 4.74 Å². The molecule has 1 aromatic heterocycles. The minimum atomic E-state index is -0.776. The number of hydrogen-bond donors (Lipinski definition) is 0. The SMILES string of the molecule is COc1ccc(-c2csc(N3N=C(C)[C@H](N=Nc4cccc(Cl)c4)C3=O)n2)cc1. The molecule has 0 bridgehead atoms. The first-order chi connectivity index (χ1) is 14.0. The van der Waals surface area contributed by atoms with E-state index in [1.54, 1.807) is 38.3 Å². The fourth-order valence-corrected chi connectivity index (χ4v) is 3.72. The largest absolute Gasteiger partial charge is 0.497 e. The molecule has 1 aliphatic rings. The number of aromatic nitrogens is 1. The van der Waals surface area contributed by atoms with E-state index in [0.717, 1.165) is 17.0 Å². The van der Waals surface area contributed by atoms with Crippen LogP contribution in [0.3, 0.4) is 0 Å². The van der Waals surface area contributed by atoms with Crippen molar-refractivity contribution in [2.24, 2.45) is 15.3 Å². The Bertz CT molecular complexity index is 1110. The van der Waals surface area contributed by atoms with Crippen LogP contribution in [0.1, 0.15) is 6.92 Å². The second-order valence-electron chi connectivity index (χ2n) is 6.23. The fraction of sp³-hybridized carbons (Fsp3) is 0.150. The smallest absolute Gasteiger partial charge is 0.282 e. The molecule has 2 aromatic carbocycles. The summed E-state index contributed by atoms with van der Waals surface area (Å²) in [7, 11) is 1.62. The standard InChI is InChI=1S/C20H16ClN5O2S/c1-12-18(24-23-15-5-3-4-14(21)10-15)19(27)26(25-12)20-22-17(11-29-20)13-6-8-16(28-2)9-7-13/h3-11,18H,1-2H3/t18-/m0/s1. The van der Waals surface area contributed by atoms with Crippen LogP contribution in [0, 0.1) is 0 Å². The lowest BCUT2D eigenvalue weighted by Gasteiger charge is -2.08. The molecule has 29 heavy (non-hydrogen) atoms. The van der Waals surface area contributed by atoms with Crippen LogP contribution in [-0.2, 0) is 4.79 Å². The van der Waals surface area contributed by atoms with Crippen molar-refractivity contribution in [3.8, 4) is 17.0 Å². The molecule has 0 N–H and O–H groups in total. The monoisotopic (exact) mass is 425 g/mol. The third-order valence-corrected chi connectivity index (χ3v) is 5.30. The van der Waals surface area contributed by atoms with Crippen molar-refractivity contribution in [1.29, 1.82) is 0 Å². The van der Waals surface area contributed by atoms with E-state index < -0.39 is 6.04 Å². The molecule has 1 atom stereocenters. The van der Waals surface area contributed by atoms with Crippen molar-refractivity contribution in [1.82, 2.24) is 4.98 Å². The molecule has 7 nitrogen and oxygen atoms in total. The molecule has 0 radical (unpaired) electrons. The highest BCUT2D eigenvalue weighted by atomic mass is 35.5. The number of rotatable bonds is 5. The average Bonchev–Trinajstić information content (AvgIpc) is 3.32. The number of carbonyl (C=O) groups excluding carboxylic acids is 1. The maximum absolute atomic E-state index is 12.8. The van der Waals surface area contributed by atoms with E-state index in [-0.39, 0.29) is 5.91 Å². The van der Waals surface area contributed by atoms with Crippen molar-refractivity contribution in [2.75, 3.05) is 12.1 Å². The maximum Gasteiger partial charge on any atom is 0.282 e. The molecule has 0 unspecified atom stereocenters. The summed E-state index contributed by atoms with van der Waals surface area (Å²) in [5, 5.41) is 16.8. The number of benzene rings is 2. The molecule has 0 fully saturated rings. The number of amides is 1. The van der Waals surface area contributed by atoms with Crippen molar-refractivity contribution in [3.63, 3.8) is 0 Å². The first-order valence-electron chi connectivity index (χ1n) is 8.70. The number of nitrogens with zero attached hydrogens (tertiary/aromatic N) is 5. The van der Waals surface area contributed by atoms with Gasteiger partial charge >= 0.3 is 0 Å². The van der Waals surface area contributed by atoms with E-state index in [0.29, 0.717) is 21.6 Å². The first-order valence-corrected chi connectivity index (χ1v) is 9.96. The number of thiazole rings is 1. The number of hydrazone groups is 1. The van der Waals surface area contributed by atoms with Gasteiger partial charge in [-0.1, -0.05) is 17.7 Å². The molecule has 1 aliphatic heterocycles. The minimum Gasteiger partial charge on any atom is -0.497 e. The van der Waals surface area contributed by atoms with Gasteiger partial charge in [-0.25, -0.2) is 4.98 Å². The molecular formula is C20H16ClN5O2S. The van der Waals surface area contributed by atoms with E-state index in [1.807, 2.05) is 29.6 Å². The number of azo groups is 1. The number of hydrogen-bond acceptors (Lipinski definition) is 7. The summed E-state index contributed by atoms with van der Waals surface area (Å²) in [4.78, 5) is 17.4. The number of methoxy groups -OCH3 is 1. The third kappa shape index (κ3) is 4.03. The van der Waals surface area contributed by atoms with Gasteiger partial charge in [-0.3, -0.25) is 4.79 Å². The van der Waals surface area contributed by atoms with Gasteiger partial charge in [0, 0.05) is 16.0 Å². The van der Waals surface area contributed by atoms with Crippen molar-refractivity contribution in [2.45, 2.75) is 13.0 Å². The van der Waals surface area contributed by atoms with E-state index in [2.05, 4.69) is 20.3 Å². The highest BCUT2D eigenvalue weighted by Crippen LogP contribution is 2.31. The summed E-state index contributed by atoms with van der Waals surface area (Å²) in [5.74, 6) is 0.482. The second-order valence-corrected chi connectivity index (χ2v) is 7.51. The van der Waals surface area contributed by atoms with Crippen LogP contribution in [0.2, 0.25) is 5.02 Å². The molecule has 0 aliphatic carbocycles. The number of halogens is 1. The Labute approximate surface area is 176 Å². The van der Waals surface area contributed by atoms with Gasteiger partial charge in [-0.05, 0) is 49.4 Å². The Kier molecular flexibility index (Phi) is 5.37. The predicted molar refractivity (Wildman–Crippen MR) is 114 cm³/mol. The summed E-state index contributed by atoms with van der Waals surface area (Å²) in [6.07, 6.45) is 0. The molecule has 1 amide bonds.